The Kier molecular flexibility index (Phi) is 6.34. The Morgan fingerprint density at radius 2 is 1.64 bits per heavy atom. The van der Waals surface area contributed by atoms with Crippen molar-refractivity contribution in [1.29, 1.82) is 0 Å². The number of amides is 1. The average Bonchev–Trinajstić information content (AvgIpc) is 2.68. The molecule has 0 saturated carbocycles. The van der Waals surface area contributed by atoms with Crippen LogP contribution in [-0.2, 0) is 4.79 Å². The van der Waals surface area contributed by atoms with Crippen LogP contribution in [0.2, 0.25) is 0 Å². The lowest BCUT2D eigenvalue weighted by molar-refractivity contribution is -0.114. The second kappa shape index (κ2) is 9.10. The molecule has 0 radical (unpaired) electrons. The first kappa shape index (κ1) is 19.5. The zero-order chi connectivity index (χ0) is 19.9. The SMILES string of the molecule is CC(=O)Nc1cc(/C=C/c2ccc(OC(=O)c3ccc(Br)cc3)cc2)ccn1. The van der Waals surface area contributed by atoms with E-state index in [2.05, 4.69) is 26.2 Å². The van der Waals surface area contributed by atoms with Gasteiger partial charge in [0.1, 0.15) is 11.6 Å². The van der Waals surface area contributed by atoms with Crippen molar-refractivity contribution < 1.29 is 14.3 Å². The van der Waals surface area contributed by atoms with Gasteiger partial charge >= 0.3 is 5.97 Å². The van der Waals surface area contributed by atoms with E-state index in [1.165, 1.54) is 6.92 Å². The number of benzene rings is 2. The van der Waals surface area contributed by atoms with Crippen LogP contribution in [0.3, 0.4) is 0 Å². The highest BCUT2D eigenvalue weighted by Gasteiger charge is 2.08. The number of carbonyl (C=O) groups is 2. The minimum Gasteiger partial charge on any atom is -0.423 e. The average molecular weight is 437 g/mol. The summed E-state index contributed by atoms with van der Waals surface area (Å²) >= 11 is 3.33. The smallest absolute Gasteiger partial charge is 0.343 e. The highest BCUT2D eigenvalue weighted by atomic mass is 79.9. The van der Waals surface area contributed by atoms with E-state index in [1.807, 2.05) is 30.4 Å². The molecule has 140 valence electrons. The number of ether oxygens (including phenoxy) is 1. The number of hydrogen-bond acceptors (Lipinski definition) is 4. The van der Waals surface area contributed by atoms with Gasteiger partial charge in [-0.2, -0.15) is 0 Å². The number of carbonyl (C=O) groups excluding carboxylic acids is 2. The fourth-order valence-electron chi connectivity index (χ4n) is 2.39. The molecule has 0 bridgehead atoms. The first-order valence-corrected chi connectivity index (χ1v) is 9.28. The van der Waals surface area contributed by atoms with E-state index >= 15 is 0 Å². The van der Waals surface area contributed by atoms with Crippen LogP contribution < -0.4 is 10.1 Å². The number of aromatic nitrogens is 1. The molecule has 2 aromatic carbocycles. The van der Waals surface area contributed by atoms with Crippen molar-refractivity contribution in [3.63, 3.8) is 0 Å². The molecule has 5 nitrogen and oxygen atoms in total. The van der Waals surface area contributed by atoms with Crippen molar-refractivity contribution in [2.75, 3.05) is 5.32 Å². The molecule has 6 heteroatoms. The molecule has 28 heavy (non-hydrogen) atoms. The lowest BCUT2D eigenvalue weighted by Crippen LogP contribution is -2.08. The van der Waals surface area contributed by atoms with Crippen LogP contribution in [0.15, 0.2) is 71.3 Å². The van der Waals surface area contributed by atoms with Crippen LogP contribution in [0.1, 0.15) is 28.4 Å². The van der Waals surface area contributed by atoms with Gasteiger partial charge in [0.15, 0.2) is 0 Å². The predicted molar refractivity (Wildman–Crippen MR) is 113 cm³/mol. The third-order valence-electron chi connectivity index (χ3n) is 3.73. The molecule has 0 aliphatic rings. The maximum atomic E-state index is 12.1. The van der Waals surface area contributed by atoms with Gasteiger partial charge in [0.25, 0.3) is 0 Å². The van der Waals surface area contributed by atoms with Gasteiger partial charge in [-0.3, -0.25) is 4.79 Å². The summed E-state index contributed by atoms with van der Waals surface area (Å²) < 4.78 is 6.29. The summed E-state index contributed by atoms with van der Waals surface area (Å²) in [5.74, 6) is 0.409. The standard InChI is InChI=1S/C22H17BrN2O3/c1-15(26)25-21-14-17(12-13-24-21)3-2-16-4-10-20(11-5-16)28-22(27)18-6-8-19(23)9-7-18/h2-14H,1H3,(H,24,25,26)/b3-2+. The van der Waals surface area contributed by atoms with Crippen molar-refractivity contribution in [3.8, 4) is 5.75 Å². The highest BCUT2D eigenvalue weighted by Crippen LogP contribution is 2.18. The largest absolute Gasteiger partial charge is 0.423 e. The van der Waals surface area contributed by atoms with E-state index in [1.54, 1.807) is 48.7 Å². The van der Waals surface area contributed by atoms with Gasteiger partial charge in [0, 0.05) is 17.6 Å². The van der Waals surface area contributed by atoms with Gasteiger partial charge in [0.2, 0.25) is 5.91 Å². The highest BCUT2D eigenvalue weighted by molar-refractivity contribution is 9.10. The van der Waals surface area contributed by atoms with Crippen LogP contribution in [0, 0.1) is 0 Å². The summed E-state index contributed by atoms with van der Waals surface area (Å²) in [4.78, 5) is 27.3. The van der Waals surface area contributed by atoms with Crippen LogP contribution in [0.25, 0.3) is 12.2 Å². The van der Waals surface area contributed by atoms with E-state index in [4.69, 9.17) is 4.74 Å². The first-order chi connectivity index (χ1) is 13.5. The molecule has 0 aliphatic heterocycles. The van der Waals surface area contributed by atoms with Crippen molar-refractivity contribution in [2.24, 2.45) is 0 Å². The number of esters is 1. The van der Waals surface area contributed by atoms with Gasteiger partial charge in [-0.05, 0) is 59.7 Å². The Morgan fingerprint density at radius 3 is 2.32 bits per heavy atom. The topological polar surface area (TPSA) is 68.3 Å². The van der Waals surface area contributed by atoms with Crippen LogP contribution in [0.5, 0.6) is 5.75 Å². The molecule has 0 spiro atoms. The zero-order valence-electron chi connectivity index (χ0n) is 15.1. The van der Waals surface area contributed by atoms with Crippen molar-refractivity contribution in [2.45, 2.75) is 6.92 Å². The monoisotopic (exact) mass is 436 g/mol. The van der Waals surface area contributed by atoms with E-state index in [9.17, 15) is 9.59 Å². The fourth-order valence-corrected chi connectivity index (χ4v) is 2.65. The summed E-state index contributed by atoms with van der Waals surface area (Å²) in [5.41, 5.74) is 2.34. The third kappa shape index (κ3) is 5.62. The maximum Gasteiger partial charge on any atom is 0.343 e. The van der Waals surface area contributed by atoms with Gasteiger partial charge in [0.05, 0.1) is 5.56 Å². The van der Waals surface area contributed by atoms with Crippen LogP contribution >= 0.6 is 15.9 Å². The number of halogens is 1. The molecule has 0 atom stereocenters. The van der Waals surface area contributed by atoms with Gasteiger partial charge < -0.3 is 10.1 Å². The van der Waals surface area contributed by atoms with Gasteiger partial charge in [-0.1, -0.05) is 40.2 Å². The van der Waals surface area contributed by atoms with Crippen LogP contribution in [0.4, 0.5) is 5.82 Å². The number of pyridine rings is 1. The minimum absolute atomic E-state index is 0.165. The second-order valence-electron chi connectivity index (χ2n) is 5.95. The Labute approximate surface area is 171 Å². The van der Waals surface area contributed by atoms with E-state index in [0.717, 1.165) is 15.6 Å². The van der Waals surface area contributed by atoms with Crippen molar-refractivity contribution >= 4 is 45.8 Å². The summed E-state index contributed by atoms with van der Waals surface area (Å²) in [7, 11) is 0. The zero-order valence-corrected chi connectivity index (χ0v) is 16.6. The van der Waals surface area contributed by atoms with Gasteiger partial charge in [-0.15, -0.1) is 0 Å². The molecule has 1 heterocycles. The Hall–Kier alpha value is -3.25. The normalized spacial score (nSPS) is 10.6. The molecule has 0 fully saturated rings. The Balaban J connectivity index is 1.64. The second-order valence-corrected chi connectivity index (χ2v) is 6.87. The first-order valence-electron chi connectivity index (χ1n) is 8.49. The summed E-state index contributed by atoms with van der Waals surface area (Å²) in [5, 5.41) is 2.65. The Bertz CT molecular complexity index is 1010. The lowest BCUT2D eigenvalue weighted by Gasteiger charge is -2.05. The molecule has 0 aliphatic carbocycles. The molecule has 3 aromatic rings. The Morgan fingerprint density at radius 1 is 0.964 bits per heavy atom. The quantitative estimate of drug-likeness (QED) is 0.441. The van der Waals surface area contributed by atoms with Crippen molar-refractivity contribution in [1.82, 2.24) is 4.98 Å². The van der Waals surface area contributed by atoms with Gasteiger partial charge in [-0.25, -0.2) is 9.78 Å². The minimum atomic E-state index is -0.405. The number of nitrogens with one attached hydrogen (secondary N) is 1. The predicted octanol–water partition coefficient (Wildman–Crippen LogP) is 5.19. The molecule has 3 rings (SSSR count). The number of nitrogens with zero attached hydrogens (tertiary/aromatic N) is 1. The lowest BCUT2D eigenvalue weighted by atomic mass is 10.1. The number of hydrogen-bond donors (Lipinski definition) is 1. The molecule has 1 amide bonds. The summed E-state index contributed by atoms with van der Waals surface area (Å²) in [6.45, 7) is 1.44. The molecule has 1 aromatic heterocycles. The molecular weight excluding hydrogens is 420 g/mol. The van der Waals surface area contributed by atoms with Crippen molar-refractivity contribution in [3.05, 3.63) is 88.0 Å². The molecule has 1 N–H and O–H groups in total. The summed E-state index contributed by atoms with van der Waals surface area (Å²) in [6, 6.07) is 17.8. The van der Waals surface area contributed by atoms with E-state index in [0.29, 0.717) is 17.1 Å². The molecule has 0 unspecified atom stereocenters. The van der Waals surface area contributed by atoms with E-state index < -0.39 is 5.97 Å². The molecular formula is C22H17BrN2O3. The third-order valence-corrected chi connectivity index (χ3v) is 4.26. The van der Waals surface area contributed by atoms with E-state index in [-0.39, 0.29) is 5.91 Å². The number of anilines is 1. The number of rotatable bonds is 5. The molecule has 0 saturated heterocycles. The maximum absolute atomic E-state index is 12.1. The summed E-state index contributed by atoms with van der Waals surface area (Å²) in [6.07, 6.45) is 5.47. The van der Waals surface area contributed by atoms with Crippen LogP contribution in [-0.4, -0.2) is 16.9 Å². The fraction of sp³-hybridized carbons (Fsp3) is 0.0455.